The molecule has 2 aromatic rings. The molecule has 5 nitrogen and oxygen atoms in total. The van der Waals surface area contributed by atoms with E-state index in [1.807, 2.05) is 42.5 Å². The number of carbonyl (C=O) groups excluding carboxylic acids is 1. The Morgan fingerprint density at radius 2 is 1.59 bits per heavy atom. The molecule has 2 aromatic carbocycles. The first-order valence-corrected chi connectivity index (χ1v) is 15.6. The van der Waals surface area contributed by atoms with E-state index in [9.17, 15) is 4.79 Å². The fourth-order valence-corrected chi connectivity index (χ4v) is 5.83. The van der Waals surface area contributed by atoms with Crippen LogP contribution in [0.1, 0.15) is 84.5 Å². The summed E-state index contributed by atoms with van der Waals surface area (Å²) < 4.78 is 5.98. The number of para-hydroxylation sites is 1. The molecule has 4 rings (SSSR count). The minimum absolute atomic E-state index is 0.361. The van der Waals surface area contributed by atoms with Gasteiger partial charge in [-0.1, -0.05) is 81.1 Å². The van der Waals surface area contributed by atoms with Gasteiger partial charge in [0.2, 0.25) is 0 Å². The second-order valence-corrected chi connectivity index (χ2v) is 12.1. The second kappa shape index (κ2) is 15.4. The minimum Gasteiger partial charge on any atom is -0.443 e. The van der Waals surface area contributed by atoms with Crippen LogP contribution in [0.2, 0.25) is 0 Å². The number of nitrogens with zero attached hydrogens (tertiary/aromatic N) is 2. The van der Waals surface area contributed by atoms with Gasteiger partial charge in [-0.05, 0) is 89.1 Å². The number of carbonyl (C=O) groups is 1. The lowest BCUT2D eigenvalue weighted by molar-refractivity contribution is -0.0163. The van der Waals surface area contributed by atoms with Gasteiger partial charge in [-0.15, -0.1) is 0 Å². The van der Waals surface area contributed by atoms with E-state index in [-0.39, 0.29) is 6.09 Å². The van der Waals surface area contributed by atoms with Crippen molar-refractivity contribution in [2.45, 2.75) is 90.1 Å². The standard InChI is InChI=1S/C34H51N3O2/c1-3-23-37(28-29-19-20-29)25-14-7-5-4-6-13-24-36-26-21-34(2,22-27-36)39-33(38)35-32-18-12-11-17-31(32)30-15-9-8-10-16-30/h8-12,15-18,29H,3-7,13-14,19-28H2,1-2H3,(H,35,38). The Morgan fingerprint density at radius 3 is 2.31 bits per heavy atom. The fourth-order valence-electron chi connectivity index (χ4n) is 5.83. The van der Waals surface area contributed by atoms with Crippen LogP contribution in [0, 0.1) is 5.92 Å². The van der Waals surface area contributed by atoms with Crippen LogP contribution < -0.4 is 5.32 Å². The first-order valence-electron chi connectivity index (χ1n) is 15.6. The van der Waals surface area contributed by atoms with Crippen LogP contribution in [0.15, 0.2) is 54.6 Å². The van der Waals surface area contributed by atoms with Crippen LogP contribution in [-0.4, -0.2) is 60.8 Å². The van der Waals surface area contributed by atoms with Crippen LogP contribution in [0.3, 0.4) is 0 Å². The Labute approximate surface area is 237 Å². The summed E-state index contributed by atoms with van der Waals surface area (Å²) in [5.41, 5.74) is 2.46. The average Bonchev–Trinajstić information content (AvgIpc) is 3.76. The molecule has 0 bridgehead atoms. The lowest BCUT2D eigenvalue weighted by Gasteiger charge is -2.38. The van der Waals surface area contributed by atoms with Crippen molar-refractivity contribution in [1.29, 1.82) is 0 Å². The molecule has 214 valence electrons. The molecule has 1 amide bonds. The Bertz CT molecular complexity index is 983. The van der Waals surface area contributed by atoms with Crippen molar-refractivity contribution in [3.8, 4) is 11.1 Å². The molecule has 0 radical (unpaired) electrons. The summed E-state index contributed by atoms with van der Waals surface area (Å²) in [5.74, 6) is 1.01. The molecule has 1 saturated heterocycles. The molecular formula is C34H51N3O2. The molecule has 0 unspecified atom stereocenters. The van der Waals surface area contributed by atoms with Gasteiger partial charge in [0, 0.05) is 25.2 Å². The highest BCUT2D eigenvalue weighted by molar-refractivity contribution is 5.91. The van der Waals surface area contributed by atoms with Crippen molar-refractivity contribution < 1.29 is 9.53 Å². The number of unbranched alkanes of at least 4 members (excludes halogenated alkanes) is 5. The van der Waals surface area contributed by atoms with Crippen LogP contribution in [-0.2, 0) is 4.74 Å². The normalized spacial score (nSPS) is 17.3. The van der Waals surface area contributed by atoms with Gasteiger partial charge < -0.3 is 14.5 Å². The maximum Gasteiger partial charge on any atom is 0.412 e. The van der Waals surface area contributed by atoms with Gasteiger partial charge in [0.25, 0.3) is 0 Å². The van der Waals surface area contributed by atoms with Crippen LogP contribution >= 0.6 is 0 Å². The van der Waals surface area contributed by atoms with E-state index in [0.29, 0.717) is 0 Å². The number of hydrogen-bond donors (Lipinski definition) is 1. The molecule has 1 N–H and O–H groups in total. The summed E-state index contributed by atoms with van der Waals surface area (Å²) in [6.45, 7) is 11.5. The molecule has 2 aliphatic rings. The number of rotatable bonds is 16. The Morgan fingerprint density at radius 1 is 0.923 bits per heavy atom. The van der Waals surface area contributed by atoms with Gasteiger partial charge in [-0.3, -0.25) is 5.32 Å². The number of hydrogen-bond acceptors (Lipinski definition) is 4. The number of likely N-dealkylation sites (tertiary alicyclic amines) is 1. The zero-order valence-corrected chi connectivity index (χ0v) is 24.5. The van der Waals surface area contributed by atoms with Crippen molar-refractivity contribution in [3.63, 3.8) is 0 Å². The second-order valence-electron chi connectivity index (χ2n) is 12.1. The molecule has 5 heteroatoms. The lowest BCUT2D eigenvalue weighted by Crippen LogP contribution is -2.46. The number of benzene rings is 2. The quantitative estimate of drug-likeness (QED) is 0.221. The van der Waals surface area contributed by atoms with E-state index >= 15 is 0 Å². The van der Waals surface area contributed by atoms with E-state index in [1.54, 1.807) is 0 Å². The highest BCUT2D eigenvalue weighted by Crippen LogP contribution is 2.31. The monoisotopic (exact) mass is 533 g/mol. The maximum absolute atomic E-state index is 12.8. The van der Waals surface area contributed by atoms with Crippen molar-refractivity contribution in [2.75, 3.05) is 44.6 Å². The zero-order valence-electron chi connectivity index (χ0n) is 24.5. The number of piperidine rings is 1. The summed E-state index contributed by atoms with van der Waals surface area (Å²) in [6.07, 6.45) is 13.7. The summed E-state index contributed by atoms with van der Waals surface area (Å²) in [7, 11) is 0. The zero-order chi connectivity index (χ0) is 27.3. The van der Waals surface area contributed by atoms with Crippen LogP contribution in [0.4, 0.5) is 10.5 Å². The highest BCUT2D eigenvalue weighted by Gasteiger charge is 2.33. The van der Waals surface area contributed by atoms with E-state index in [1.165, 1.54) is 84.0 Å². The third-order valence-corrected chi connectivity index (χ3v) is 8.45. The molecular weight excluding hydrogens is 482 g/mol. The summed E-state index contributed by atoms with van der Waals surface area (Å²) >= 11 is 0. The third kappa shape index (κ3) is 10.3. The SMILES string of the molecule is CCCN(CCCCCCCCN1CCC(C)(OC(=O)Nc2ccccc2-c2ccccc2)CC1)CC1CC1. The van der Waals surface area contributed by atoms with Gasteiger partial charge in [0.05, 0.1) is 5.69 Å². The van der Waals surface area contributed by atoms with E-state index in [2.05, 4.69) is 41.1 Å². The number of anilines is 1. The fraction of sp³-hybridized carbons (Fsp3) is 0.618. The van der Waals surface area contributed by atoms with Gasteiger partial charge in [0.1, 0.15) is 5.60 Å². The highest BCUT2D eigenvalue weighted by atomic mass is 16.6. The molecule has 0 aromatic heterocycles. The Balaban J connectivity index is 1.08. The van der Waals surface area contributed by atoms with E-state index < -0.39 is 5.60 Å². The maximum atomic E-state index is 12.8. The van der Waals surface area contributed by atoms with Crippen molar-refractivity contribution >= 4 is 11.8 Å². The molecule has 1 aliphatic carbocycles. The summed E-state index contributed by atoms with van der Waals surface area (Å²) in [5, 5.41) is 3.00. The molecule has 0 spiro atoms. The third-order valence-electron chi connectivity index (χ3n) is 8.45. The molecule has 39 heavy (non-hydrogen) atoms. The molecule has 1 aliphatic heterocycles. The first kappa shape index (κ1) is 29.6. The smallest absolute Gasteiger partial charge is 0.412 e. The summed E-state index contributed by atoms with van der Waals surface area (Å²) in [6, 6.07) is 18.0. The van der Waals surface area contributed by atoms with Gasteiger partial charge in [-0.25, -0.2) is 4.79 Å². The molecule has 1 heterocycles. The summed E-state index contributed by atoms with van der Waals surface area (Å²) in [4.78, 5) is 18.1. The first-order chi connectivity index (χ1) is 19.0. The molecule has 0 atom stereocenters. The number of amides is 1. The lowest BCUT2D eigenvalue weighted by atomic mass is 9.93. The number of nitrogens with one attached hydrogen (secondary N) is 1. The van der Waals surface area contributed by atoms with Crippen molar-refractivity contribution in [3.05, 3.63) is 54.6 Å². The van der Waals surface area contributed by atoms with E-state index in [4.69, 9.17) is 4.74 Å². The van der Waals surface area contributed by atoms with Gasteiger partial charge >= 0.3 is 6.09 Å². The van der Waals surface area contributed by atoms with Crippen LogP contribution in [0.5, 0.6) is 0 Å². The Hall–Kier alpha value is -2.37. The molecule has 2 fully saturated rings. The van der Waals surface area contributed by atoms with Crippen LogP contribution in [0.25, 0.3) is 11.1 Å². The van der Waals surface area contributed by atoms with Gasteiger partial charge in [0.15, 0.2) is 0 Å². The average molecular weight is 534 g/mol. The van der Waals surface area contributed by atoms with Gasteiger partial charge in [-0.2, -0.15) is 0 Å². The predicted molar refractivity (Wildman–Crippen MR) is 163 cm³/mol. The molecule has 1 saturated carbocycles. The Kier molecular flexibility index (Phi) is 11.7. The largest absolute Gasteiger partial charge is 0.443 e. The predicted octanol–water partition coefficient (Wildman–Crippen LogP) is 8.22. The van der Waals surface area contributed by atoms with E-state index in [0.717, 1.165) is 48.7 Å². The van der Waals surface area contributed by atoms with Crippen molar-refractivity contribution in [1.82, 2.24) is 9.80 Å². The number of ether oxygens (including phenoxy) is 1. The topological polar surface area (TPSA) is 44.8 Å². The minimum atomic E-state index is -0.409. The van der Waals surface area contributed by atoms with Crippen molar-refractivity contribution in [2.24, 2.45) is 5.92 Å².